The first-order chi connectivity index (χ1) is 15.6. The van der Waals surface area contributed by atoms with Crippen LogP contribution >= 0.6 is 15.9 Å². The molecule has 1 N–H and O–H groups in total. The van der Waals surface area contributed by atoms with Crippen LogP contribution in [0.3, 0.4) is 0 Å². The molecule has 0 saturated heterocycles. The van der Waals surface area contributed by atoms with Gasteiger partial charge in [-0.1, -0.05) is 76.6 Å². The number of fused-ring (bicyclic) bond motifs is 1. The number of nitrogens with one attached hydrogen (secondary N) is 1. The molecule has 0 radical (unpaired) electrons. The first-order valence-electron chi connectivity index (χ1n) is 10.3. The van der Waals surface area contributed by atoms with Crippen LogP contribution in [0.4, 0.5) is 0 Å². The quantitative estimate of drug-likeness (QED) is 0.270. The fraction of sp³-hybridized carbons (Fsp3) is 0.111. The summed E-state index contributed by atoms with van der Waals surface area (Å²) >= 11 is 3.48. The van der Waals surface area contributed by atoms with E-state index in [1.807, 2.05) is 67.6 Å². The molecule has 4 nitrogen and oxygen atoms in total. The van der Waals surface area contributed by atoms with Gasteiger partial charge in [0.1, 0.15) is 11.6 Å². The van der Waals surface area contributed by atoms with Gasteiger partial charge in [-0.25, -0.2) is 0 Å². The van der Waals surface area contributed by atoms with Crippen molar-refractivity contribution in [3.05, 3.63) is 111 Å². The van der Waals surface area contributed by atoms with Crippen LogP contribution in [0.25, 0.3) is 17.0 Å². The summed E-state index contributed by atoms with van der Waals surface area (Å²) in [5.74, 6) is -0.375. The molecule has 1 aromatic heterocycles. The van der Waals surface area contributed by atoms with Gasteiger partial charge in [0.25, 0.3) is 5.91 Å². The minimum Gasteiger partial charge on any atom is -0.347 e. The molecule has 1 heterocycles. The van der Waals surface area contributed by atoms with Crippen molar-refractivity contribution >= 4 is 38.8 Å². The van der Waals surface area contributed by atoms with E-state index in [0.717, 1.165) is 32.2 Å². The number of nitriles is 1. The normalized spacial score (nSPS) is 11.3. The Bertz CT molecular complexity index is 1330. The van der Waals surface area contributed by atoms with Gasteiger partial charge in [-0.2, -0.15) is 5.26 Å². The van der Waals surface area contributed by atoms with Crippen molar-refractivity contribution < 1.29 is 4.79 Å². The smallest absolute Gasteiger partial charge is 0.262 e. The Balaban J connectivity index is 1.67. The van der Waals surface area contributed by atoms with E-state index in [4.69, 9.17) is 0 Å². The average molecular weight is 484 g/mol. The number of carbonyl (C=O) groups excluding carboxylic acids is 1. The molecule has 0 atom stereocenters. The number of halogens is 1. The van der Waals surface area contributed by atoms with E-state index in [9.17, 15) is 10.1 Å². The molecule has 4 aromatic rings. The first kappa shape index (κ1) is 21.6. The Hall–Kier alpha value is -3.62. The van der Waals surface area contributed by atoms with E-state index in [1.54, 1.807) is 6.08 Å². The van der Waals surface area contributed by atoms with Gasteiger partial charge in [0.15, 0.2) is 0 Å². The molecule has 32 heavy (non-hydrogen) atoms. The molecule has 5 heteroatoms. The summed E-state index contributed by atoms with van der Waals surface area (Å²) < 4.78 is 3.26. The van der Waals surface area contributed by atoms with Crippen LogP contribution in [0.1, 0.15) is 22.4 Å². The van der Waals surface area contributed by atoms with Crippen LogP contribution in [-0.2, 0) is 17.9 Å². The molecule has 0 aliphatic carbocycles. The van der Waals surface area contributed by atoms with E-state index >= 15 is 0 Å². The number of hydrogen-bond donors (Lipinski definition) is 1. The minimum atomic E-state index is -0.375. The molecule has 4 rings (SSSR count). The Labute approximate surface area is 195 Å². The van der Waals surface area contributed by atoms with Crippen LogP contribution < -0.4 is 5.32 Å². The highest BCUT2D eigenvalue weighted by atomic mass is 79.9. The van der Waals surface area contributed by atoms with Gasteiger partial charge in [0, 0.05) is 39.7 Å². The predicted molar refractivity (Wildman–Crippen MR) is 132 cm³/mol. The fourth-order valence-electron chi connectivity index (χ4n) is 3.78. The summed E-state index contributed by atoms with van der Waals surface area (Å²) in [6.07, 6.45) is 1.70. The Morgan fingerprint density at radius 1 is 1.00 bits per heavy atom. The molecular formula is C27H22BrN3O. The molecular weight excluding hydrogens is 462 g/mol. The Kier molecular flexibility index (Phi) is 6.53. The monoisotopic (exact) mass is 483 g/mol. The molecule has 158 valence electrons. The van der Waals surface area contributed by atoms with Crippen LogP contribution in [-0.4, -0.2) is 10.5 Å². The van der Waals surface area contributed by atoms with Gasteiger partial charge in [-0.05, 0) is 42.3 Å². The predicted octanol–water partition coefficient (Wildman–Crippen LogP) is 5.98. The van der Waals surface area contributed by atoms with Crippen molar-refractivity contribution in [2.75, 3.05) is 0 Å². The summed E-state index contributed by atoms with van der Waals surface area (Å²) in [5, 5.41) is 13.6. The summed E-state index contributed by atoms with van der Waals surface area (Å²) in [6, 6.07) is 28.1. The van der Waals surface area contributed by atoms with Crippen molar-refractivity contribution in [3.8, 4) is 6.07 Å². The lowest BCUT2D eigenvalue weighted by atomic mass is 10.1. The second-order valence-corrected chi connectivity index (χ2v) is 8.48. The fourth-order valence-corrected chi connectivity index (χ4v) is 4.05. The van der Waals surface area contributed by atoms with Gasteiger partial charge in [0.2, 0.25) is 0 Å². The van der Waals surface area contributed by atoms with E-state index < -0.39 is 0 Å². The Morgan fingerprint density at radius 3 is 2.41 bits per heavy atom. The second kappa shape index (κ2) is 9.67. The largest absolute Gasteiger partial charge is 0.347 e. The van der Waals surface area contributed by atoms with Crippen molar-refractivity contribution in [2.24, 2.45) is 0 Å². The van der Waals surface area contributed by atoms with E-state index in [2.05, 4.69) is 50.1 Å². The molecule has 0 aliphatic rings. The number of aromatic nitrogens is 1. The zero-order valence-corrected chi connectivity index (χ0v) is 19.3. The third kappa shape index (κ3) is 4.66. The van der Waals surface area contributed by atoms with Crippen molar-refractivity contribution in [1.29, 1.82) is 5.26 Å². The van der Waals surface area contributed by atoms with Crippen LogP contribution in [0.15, 0.2) is 88.9 Å². The minimum absolute atomic E-state index is 0.0931. The summed E-state index contributed by atoms with van der Waals surface area (Å²) in [5.41, 5.74) is 5.23. The van der Waals surface area contributed by atoms with Gasteiger partial charge in [-0.15, -0.1) is 0 Å². The molecule has 1 amide bonds. The van der Waals surface area contributed by atoms with Crippen molar-refractivity contribution in [2.45, 2.75) is 20.0 Å². The molecule has 0 spiro atoms. The van der Waals surface area contributed by atoms with Gasteiger partial charge in [-0.3, -0.25) is 4.79 Å². The maximum Gasteiger partial charge on any atom is 0.262 e. The van der Waals surface area contributed by atoms with E-state index in [1.165, 1.54) is 5.56 Å². The highest BCUT2D eigenvalue weighted by molar-refractivity contribution is 9.10. The van der Waals surface area contributed by atoms with Crippen LogP contribution in [0.2, 0.25) is 0 Å². The lowest BCUT2D eigenvalue weighted by molar-refractivity contribution is -0.117. The van der Waals surface area contributed by atoms with Crippen LogP contribution in [0, 0.1) is 18.3 Å². The van der Waals surface area contributed by atoms with Gasteiger partial charge >= 0.3 is 0 Å². The van der Waals surface area contributed by atoms with Crippen LogP contribution in [0.5, 0.6) is 0 Å². The number of benzene rings is 3. The van der Waals surface area contributed by atoms with Gasteiger partial charge in [0.05, 0.1) is 0 Å². The van der Waals surface area contributed by atoms with Crippen molar-refractivity contribution in [1.82, 2.24) is 9.88 Å². The second-order valence-electron chi connectivity index (χ2n) is 7.57. The number of nitrogens with zero attached hydrogens (tertiary/aromatic N) is 2. The third-order valence-corrected chi connectivity index (χ3v) is 6.01. The summed E-state index contributed by atoms with van der Waals surface area (Å²) in [6.45, 7) is 3.11. The lowest BCUT2D eigenvalue weighted by Crippen LogP contribution is -2.23. The number of para-hydroxylation sites is 1. The Morgan fingerprint density at radius 2 is 1.69 bits per heavy atom. The zero-order chi connectivity index (χ0) is 22.5. The number of hydrogen-bond acceptors (Lipinski definition) is 2. The maximum atomic E-state index is 12.7. The standard InChI is InChI=1S/C27H22BrN3O/c1-19-25(15-22(16-29)27(32)30-17-20-7-3-2-4-8-20)24-9-5-6-10-26(24)31(19)18-21-11-13-23(28)14-12-21/h2-15H,17-18H2,1H3,(H,30,32)/b22-15-. The summed E-state index contributed by atoms with van der Waals surface area (Å²) in [7, 11) is 0. The average Bonchev–Trinajstić information content (AvgIpc) is 3.08. The molecule has 0 fully saturated rings. The molecule has 0 saturated carbocycles. The third-order valence-electron chi connectivity index (χ3n) is 5.48. The number of carbonyl (C=O) groups is 1. The maximum absolute atomic E-state index is 12.7. The summed E-state index contributed by atoms with van der Waals surface area (Å²) in [4.78, 5) is 12.7. The molecule has 0 bridgehead atoms. The van der Waals surface area contributed by atoms with E-state index in [0.29, 0.717) is 13.1 Å². The van der Waals surface area contributed by atoms with Crippen molar-refractivity contribution in [3.63, 3.8) is 0 Å². The highest BCUT2D eigenvalue weighted by Crippen LogP contribution is 2.29. The SMILES string of the molecule is Cc1c(/C=C(/C#N)C(=O)NCc2ccccc2)c2ccccc2n1Cc1ccc(Br)cc1. The number of rotatable bonds is 6. The molecule has 3 aromatic carbocycles. The van der Waals surface area contributed by atoms with Gasteiger partial charge < -0.3 is 9.88 Å². The topological polar surface area (TPSA) is 57.8 Å². The number of amides is 1. The zero-order valence-electron chi connectivity index (χ0n) is 17.7. The molecule has 0 aliphatic heterocycles. The van der Waals surface area contributed by atoms with E-state index in [-0.39, 0.29) is 11.5 Å². The first-order valence-corrected chi connectivity index (χ1v) is 11.1. The lowest BCUT2D eigenvalue weighted by Gasteiger charge is -2.09. The highest BCUT2D eigenvalue weighted by Gasteiger charge is 2.16. The molecule has 0 unspecified atom stereocenters.